The Morgan fingerprint density at radius 2 is 0.679 bits per heavy atom. The lowest BCUT2D eigenvalue weighted by Crippen LogP contribution is -2.14. The van der Waals surface area contributed by atoms with Crippen molar-refractivity contribution in [2.45, 2.75) is 142 Å². The molecule has 0 saturated heterocycles. The highest BCUT2D eigenvalue weighted by atomic mass is 16.4. The Morgan fingerprint density at radius 3 is 0.929 bits per heavy atom. The molecule has 0 aliphatic rings. The zero-order chi connectivity index (χ0) is 20.7. The van der Waals surface area contributed by atoms with Crippen LogP contribution in [0.5, 0.6) is 0 Å². The average Bonchev–Trinajstić information content (AvgIpc) is 2.72. The van der Waals surface area contributed by atoms with Gasteiger partial charge in [-0.05, 0) is 25.7 Å². The van der Waals surface area contributed by atoms with E-state index >= 15 is 0 Å². The molecule has 0 saturated carbocycles. The second-order valence-corrected chi connectivity index (χ2v) is 8.25. The van der Waals surface area contributed by atoms with Crippen LogP contribution in [0.1, 0.15) is 142 Å². The first-order valence-electron chi connectivity index (χ1n) is 12.2. The molecule has 2 N–H and O–H groups in total. The van der Waals surface area contributed by atoms with Crippen LogP contribution >= 0.6 is 0 Å². The van der Waals surface area contributed by atoms with E-state index in [-0.39, 0.29) is 0 Å². The van der Waals surface area contributed by atoms with Crippen molar-refractivity contribution in [1.82, 2.24) is 0 Å². The molecule has 0 aromatic carbocycles. The van der Waals surface area contributed by atoms with Gasteiger partial charge in [0.25, 0.3) is 0 Å². The van der Waals surface area contributed by atoms with E-state index in [0.29, 0.717) is 24.3 Å². The monoisotopic (exact) mass is 396 g/mol. The molecule has 0 aliphatic heterocycles. The maximum atomic E-state index is 9.29. The summed E-state index contributed by atoms with van der Waals surface area (Å²) in [7, 11) is 0. The first-order chi connectivity index (χ1) is 13.8. The van der Waals surface area contributed by atoms with Crippen molar-refractivity contribution in [3.8, 4) is 0 Å². The van der Waals surface area contributed by atoms with Gasteiger partial charge in [-0.1, -0.05) is 127 Å². The van der Waals surface area contributed by atoms with Gasteiger partial charge in [0.05, 0.1) is 0 Å². The summed E-state index contributed by atoms with van der Waals surface area (Å²) in [4.78, 5) is 0. The van der Waals surface area contributed by atoms with Crippen molar-refractivity contribution < 1.29 is 10.4 Å². The Morgan fingerprint density at radius 1 is 0.429 bits per heavy atom. The van der Waals surface area contributed by atoms with Crippen LogP contribution in [0.2, 0.25) is 0 Å². The lowest BCUT2D eigenvalue weighted by Gasteiger charge is -2.07. The first kappa shape index (κ1) is 26.9. The van der Waals surface area contributed by atoms with Gasteiger partial charge in [-0.15, -0.1) is 0 Å². The molecule has 0 bridgehead atoms. The van der Waals surface area contributed by atoms with E-state index in [1.165, 1.54) is 89.9 Å². The van der Waals surface area contributed by atoms with E-state index in [1.54, 1.807) is 0 Å². The molecular formula is C24H48N2O2. The molecule has 0 unspecified atom stereocenters. The SMILES string of the molecule is CCCCCCCCCCCC(=N/O)/C(CCCCCCCCCCC)=N\O. The highest BCUT2D eigenvalue weighted by Crippen LogP contribution is 2.14. The molecule has 4 heteroatoms. The Kier molecular flexibility index (Phi) is 21.4. The van der Waals surface area contributed by atoms with Gasteiger partial charge < -0.3 is 10.4 Å². The van der Waals surface area contributed by atoms with Crippen molar-refractivity contribution in [3.05, 3.63) is 0 Å². The number of hydrogen-bond donors (Lipinski definition) is 2. The van der Waals surface area contributed by atoms with Crippen LogP contribution in [-0.2, 0) is 0 Å². The van der Waals surface area contributed by atoms with E-state index < -0.39 is 0 Å². The van der Waals surface area contributed by atoms with Gasteiger partial charge >= 0.3 is 0 Å². The highest BCUT2D eigenvalue weighted by Gasteiger charge is 2.10. The quantitative estimate of drug-likeness (QED) is 0.0883. The van der Waals surface area contributed by atoms with E-state index in [1.807, 2.05) is 0 Å². The van der Waals surface area contributed by atoms with Gasteiger partial charge in [0.15, 0.2) is 0 Å². The summed E-state index contributed by atoms with van der Waals surface area (Å²) in [5.41, 5.74) is 1.15. The molecule has 28 heavy (non-hydrogen) atoms. The molecule has 0 radical (unpaired) electrons. The van der Waals surface area contributed by atoms with E-state index in [4.69, 9.17) is 0 Å². The van der Waals surface area contributed by atoms with Crippen LogP contribution in [0.15, 0.2) is 10.3 Å². The Hall–Kier alpha value is -1.06. The van der Waals surface area contributed by atoms with Gasteiger partial charge in [-0.25, -0.2) is 0 Å². The summed E-state index contributed by atoms with van der Waals surface area (Å²) in [6.07, 6.45) is 24.3. The predicted octanol–water partition coefficient (Wildman–Crippen LogP) is 8.49. The molecule has 4 nitrogen and oxygen atoms in total. The van der Waals surface area contributed by atoms with Crippen molar-refractivity contribution in [2.24, 2.45) is 10.3 Å². The molecule has 0 aromatic rings. The molecule has 0 rings (SSSR count). The fourth-order valence-corrected chi connectivity index (χ4v) is 3.71. The van der Waals surface area contributed by atoms with Crippen LogP contribution in [0.4, 0.5) is 0 Å². The van der Waals surface area contributed by atoms with Crippen LogP contribution in [0.25, 0.3) is 0 Å². The van der Waals surface area contributed by atoms with Gasteiger partial charge in [0.2, 0.25) is 0 Å². The normalized spacial score (nSPS) is 12.6. The van der Waals surface area contributed by atoms with E-state index in [9.17, 15) is 10.4 Å². The molecule has 0 heterocycles. The molecule has 0 fully saturated rings. The lowest BCUT2D eigenvalue weighted by molar-refractivity contribution is 0.312. The molecule has 166 valence electrons. The van der Waals surface area contributed by atoms with Crippen LogP contribution < -0.4 is 0 Å². The fourth-order valence-electron chi connectivity index (χ4n) is 3.71. The second-order valence-electron chi connectivity index (χ2n) is 8.25. The van der Waals surface area contributed by atoms with Crippen LogP contribution in [-0.4, -0.2) is 21.8 Å². The minimum Gasteiger partial charge on any atom is -0.411 e. The van der Waals surface area contributed by atoms with Crippen molar-refractivity contribution in [3.63, 3.8) is 0 Å². The van der Waals surface area contributed by atoms with Gasteiger partial charge in [0, 0.05) is 0 Å². The van der Waals surface area contributed by atoms with Crippen LogP contribution in [0.3, 0.4) is 0 Å². The topological polar surface area (TPSA) is 65.2 Å². The number of unbranched alkanes of at least 4 members (excludes halogenated alkanes) is 16. The standard InChI is InChI=1S/C24H48N2O2/c1-3-5-7-9-11-13-15-17-19-21-23(25-27)24(26-28)22-20-18-16-14-12-10-8-6-4-2/h27-28H,3-22H2,1-2H3/b25-23-,26-24-. The summed E-state index contributed by atoms with van der Waals surface area (Å²) < 4.78 is 0. The Labute approximate surface area is 174 Å². The second kappa shape index (κ2) is 22.2. The number of hydrogen-bond acceptors (Lipinski definition) is 4. The Bertz CT molecular complexity index is 345. The molecule has 0 atom stereocenters. The average molecular weight is 397 g/mol. The van der Waals surface area contributed by atoms with Crippen molar-refractivity contribution >= 4 is 11.4 Å². The maximum absolute atomic E-state index is 9.29. The van der Waals surface area contributed by atoms with E-state index in [2.05, 4.69) is 24.2 Å². The Balaban J connectivity index is 3.71. The predicted molar refractivity (Wildman–Crippen MR) is 122 cm³/mol. The zero-order valence-electron chi connectivity index (χ0n) is 18.9. The first-order valence-corrected chi connectivity index (χ1v) is 12.2. The summed E-state index contributed by atoms with van der Waals surface area (Å²) in [6, 6.07) is 0. The summed E-state index contributed by atoms with van der Waals surface area (Å²) in [5, 5.41) is 25.4. The highest BCUT2D eigenvalue weighted by molar-refractivity contribution is 6.42. The third-order valence-electron chi connectivity index (χ3n) is 5.61. The fraction of sp³-hybridized carbons (Fsp3) is 0.917. The summed E-state index contributed by atoms with van der Waals surface area (Å²) in [6.45, 7) is 4.50. The molecule has 0 spiro atoms. The molecular weight excluding hydrogens is 348 g/mol. The third-order valence-corrected chi connectivity index (χ3v) is 5.61. The number of nitrogens with zero attached hydrogens (tertiary/aromatic N) is 2. The smallest absolute Gasteiger partial charge is 0.104 e. The zero-order valence-corrected chi connectivity index (χ0v) is 18.9. The lowest BCUT2D eigenvalue weighted by atomic mass is 10.0. The largest absolute Gasteiger partial charge is 0.411 e. The molecule has 0 amide bonds. The molecule has 0 aliphatic carbocycles. The molecule has 0 aromatic heterocycles. The van der Waals surface area contributed by atoms with Crippen molar-refractivity contribution in [1.29, 1.82) is 0 Å². The maximum Gasteiger partial charge on any atom is 0.104 e. The summed E-state index contributed by atoms with van der Waals surface area (Å²) in [5.74, 6) is 0. The van der Waals surface area contributed by atoms with Gasteiger partial charge in [-0.3, -0.25) is 0 Å². The van der Waals surface area contributed by atoms with Gasteiger partial charge in [-0.2, -0.15) is 0 Å². The minimum absolute atomic E-state index is 0.574. The van der Waals surface area contributed by atoms with E-state index in [0.717, 1.165) is 25.7 Å². The third kappa shape index (κ3) is 17.1. The minimum atomic E-state index is 0.574. The number of oxime groups is 2. The van der Waals surface area contributed by atoms with Crippen molar-refractivity contribution in [2.75, 3.05) is 0 Å². The van der Waals surface area contributed by atoms with Crippen LogP contribution in [0, 0.1) is 0 Å². The van der Waals surface area contributed by atoms with Gasteiger partial charge in [0.1, 0.15) is 11.4 Å². The summed E-state index contributed by atoms with van der Waals surface area (Å²) >= 11 is 0. The number of rotatable bonds is 21.